The largest absolute Gasteiger partial charge is 0.506 e. The summed E-state index contributed by atoms with van der Waals surface area (Å²) in [6.07, 6.45) is 0. The summed E-state index contributed by atoms with van der Waals surface area (Å²) in [7, 11) is 2.82. The summed E-state index contributed by atoms with van der Waals surface area (Å²) in [5.41, 5.74) is 1.18. The first-order chi connectivity index (χ1) is 11.8. The van der Waals surface area contributed by atoms with Gasteiger partial charge in [0.05, 0.1) is 30.6 Å². The zero-order chi connectivity index (χ0) is 18.6. The molecule has 0 radical (unpaired) electrons. The van der Waals surface area contributed by atoms with Gasteiger partial charge in [0.2, 0.25) is 0 Å². The Hall–Kier alpha value is -2.93. The molecule has 0 aliphatic heterocycles. The van der Waals surface area contributed by atoms with Gasteiger partial charge >= 0.3 is 11.8 Å². The Morgan fingerprint density at radius 1 is 0.960 bits per heavy atom. The number of nitrogens with one attached hydrogen (secondary N) is 2. The highest BCUT2D eigenvalue weighted by Gasteiger charge is 2.19. The number of carbonyl (C=O) groups is 2. The summed E-state index contributed by atoms with van der Waals surface area (Å²) in [4.78, 5) is 24.2. The number of hydrogen-bond acceptors (Lipinski definition) is 5. The van der Waals surface area contributed by atoms with Crippen molar-refractivity contribution in [3.05, 3.63) is 40.9 Å². The maximum Gasteiger partial charge on any atom is 0.314 e. The quantitative estimate of drug-likeness (QED) is 0.572. The van der Waals surface area contributed by atoms with Crippen LogP contribution in [0, 0.1) is 6.92 Å². The number of anilines is 2. The van der Waals surface area contributed by atoms with E-state index in [0.717, 1.165) is 5.56 Å². The molecule has 0 unspecified atom stereocenters. The molecule has 0 fully saturated rings. The van der Waals surface area contributed by atoms with E-state index in [1.807, 2.05) is 0 Å². The molecule has 0 aliphatic rings. The van der Waals surface area contributed by atoms with E-state index in [2.05, 4.69) is 10.6 Å². The first-order valence-electron chi connectivity index (χ1n) is 7.19. The third kappa shape index (κ3) is 4.33. The first-order valence-corrected chi connectivity index (χ1v) is 7.57. The van der Waals surface area contributed by atoms with Gasteiger partial charge in [0.15, 0.2) is 0 Å². The SMILES string of the molecule is COc1cc(NC(=O)C(=O)Nc2cc(C)ccc2O)c(OC)cc1Cl. The third-order valence-electron chi connectivity index (χ3n) is 3.33. The summed E-state index contributed by atoms with van der Waals surface area (Å²) < 4.78 is 10.2. The Balaban J connectivity index is 2.18. The molecule has 2 aromatic rings. The molecule has 7 nitrogen and oxygen atoms in total. The van der Waals surface area contributed by atoms with Gasteiger partial charge in [-0.25, -0.2) is 0 Å². The predicted molar refractivity (Wildman–Crippen MR) is 94.7 cm³/mol. The van der Waals surface area contributed by atoms with Crippen LogP contribution in [0.4, 0.5) is 11.4 Å². The Kier molecular flexibility index (Phi) is 5.71. The molecule has 2 amide bonds. The monoisotopic (exact) mass is 364 g/mol. The zero-order valence-electron chi connectivity index (χ0n) is 13.8. The average Bonchev–Trinajstić information content (AvgIpc) is 2.59. The van der Waals surface area contributed by atoms with Gasteiger partial charge < -0.3 is 25.2 Å². The summed E-state index contributed by atoms with van der Waals surface area (Å²) >= 11 is 5.99. The van der Waals surface area contributed by atoms with Crippen LogP contribution in [0.3, 0.4) is 0 Å². The molecule has 0 aliphatic carbocycles. The Bertz CT molecular complexity index is 823. The lowest BCUT2D eigenvalue weighted by molar-refractivity contribution is -0.133. The Labute approximate surface area is 149 Å². The molecule has 0 saturated heterocycles. The molecule has 0 atom stereocenters. The summed E-state index contributed by atoms with van der Waals surface area (Å²) in [6.45, 7) is 1.79. The minimum Gasteiger partial charge on any atom is -0.506 e. The van der Waals surface area contributed by atoms with E-state index in [4.69, 9.17) is 21.1 Å². The number of phenolic OH excluding ortho intramolecular Hbond substituents is 1. The Morgan fingerprint density at radius 2 is 1.56 bits per heavy atom. The van der Waals surface area contributed by atoms with Gasteiger partial charge in [-0.2, -0.15) is 0 Å². The maximum atomic E-state index is 12.1. The van der Waals surface area contributed by atoms with E-state index >= 15 is 0 Å². The number of phenols is 1. The van der Waals surface area contributed by atoms with Gasteiger partial charge in [-0.1, -0.05) is 17.7 Å². The van der Waals surface area contributed by atoms with Gasteiger partial charge in [-0.05, 0) is 24.6 Å². The number of rotatable bonds is 4. The zero-order valence-corrected chi connectivity index (χ0v) is 14.6. The summed E-state index contributed by atoms with van der Waals surface area (Å²) in [5.74, 6) is -1.45. The number of methoxy groups -OCH3 is 2. The highest BCUT2D eigenvalue weighted by molar-refractivity contribution is 6.44. The second-order valence-corrected chi connectivity index (χ2v) is 5.52. The number of halogens is 1. The van der Waals surface area contributed by atoms with Gasteiger partial charge in [0, 0.05) is 12.1 Å². The van der Waals surface area contributed by atoms with Crippen LogP contribution in [0.1, 0.15) is 5.56 Å². The lowest BCUT2D eigenvalue weighted by Crippen LogP contribution is -2.29. The Morgan fingerprint density at radius 3 is 2.16 bits per heavy atom. The second kappa shape index (κ2) is 7.76. The van der Waals surface area contributed by atoms with Crippen molar-refractivity contribution in [2.24, 2.45) is 0 Å². The van der Waals surface area contributed by atoms with Crippen molar-refractivity contribution < 1.29 is 24.2 Å². The number of ether oxygens (including phenoxy) is 2. The topological polar surface area (TPSA) is 96.9 Å². The van der Waals surface area contributed by atoms with E-state index in [-0.39, 0.29) is 22.9 Å². The van der Waals surface area contributed by atoms with Gasteiger partial charge in [-0.15, -0.1) is 0 Å². The van der Waals surface area contributed by atoms with Crippen molar-refractivity contribution in [1.82, 2.24) is 0 Å². The van der Waals surface area contributed by atoms with Crippen molar-refractivity contribution >= 4 is 34.8 Å². The van der Waals surface area contributed by atoms with Crippen LogP contribution in [-0.4, -0.2) is 31.1 Å². The number of hydrogen-bond donors (Lipinski definition) is 3. The fourth-order valence-electron chi connectivity index (χ4n) is 2.07. The normalized spacial score (nSPS) is 10.1. The van der Waals surface area contributed by atoms with Crippen LogP contribution < -0.4 is 20.1 Å². The van der Waals surface area contributed by atoms with E-state index < -0.39 is 11.8 Å². The number of carbonyl (C=O) groups excluding carboxylic acids is 2. The molecule has 25 heavy (non-hydrogen) atoms. The predicted octanol–water partition coefficient (Wildman–Crippen LogP) is 2.95. The molecule has 132 valence electrons. The fourth-order valence-corrected chi connectivity index (χ4v) is 2.30. The lowest BCUT2D eigenvalue weighted by atomic mass is 10.2. The summed E-state index contributed by atoms with van der Waals surface area (Å²) in [6, 6.07) is 7.55. The molecule has 0 heterocycles. The van der Waals surface area contributed by atoms with Crippen molar-refractivity contribution in [3.63, 3.8) is 0 Å². The molecular formula is C17H17ClN2O5. The third-order valence-corrected chi connectivity index (χ3v) is 3.62. The second-order valence-electron chi connectivity index (χ2n) is 5.12. The van der Waals surface area contributed by atoms with Crippen LogP contribution in [0.2, 0.25) is 5.02 Å². The molecule has 2 rings (SSSR count). The maximum absolute atomic E-state index is 12.1. The minimum atomic E-state index is -0.947. The smallest absolute Gasteiger partial charge is 0.314 e. The van der Waals surface area contributed by atoms with Crippen LogP contribution in [-0.2, 0) is 9.59 Å². The molecule has 8 heteroatoms. The highest BCUT2D eigenvalue weighted by atomic mass is 35.5. The molecule has 0 saturated carbocycles. The molecule has 3 N–H and O–H groups in total. The number of amides is 2. The number of aromatic hydroxyl groups is 1. The first kappa shape index (κ1) is 18.4. The van der Waals surface area contributed by atoms with Crippen molar-refractivity contribution in [3.8, 4) is 17.2 Å². The molecular weight excluding hydrogens is 348 g/mol. The van der Waals surface area contributed by atoms with Crippen molar-refractivity contribution in [2.75, 3.05) is 24.9 Å². The van der Waals surface area contributed by atoms with Crippen LogP contribution >= 0.6 is 11.6 Å². The number of benzene rings is 2. The minimum absolute atomic E-state index is 0.140. The van der Waals surface area contributed by atoms with E-state index in [9.17, 15) is 14.7 Å². The highest BCUT2D eigenvalue weighted by Crippen LogP contribution is 2.35. The van der Waals surface area contributed by atoms with Crippen molar-refractivity contribution in [1.29, 1.82) is 0 Å². The van der Waals surface area contributed by atoms with Crippen LogP contribution in [0.5, 0.6) is 17.2 Å². The molecule has 0 spiro atoms. The van der Waals surface area contributed by atoms with Crippen LogP contribution in [0.25, 0.3) is 0 Å². The van der Waals surface area contributed by atoms with E-state index in [1.54, 1.807) is 19.1 Å². The average molecular weight is 365 g/mol. The lowest BCUT2D eigenvalue weighted by Gasteiger charge is -2.13. The van der Waals surface area contributed by atoms with Crippen molar-refractivity contribution in [2.45, 2.75) is 6.92 Å². The van der Waals surface area contributed by atoms with Gasteiger partial charge in [-0.3, -0.25) is 9.59 Å². The summed E-state index contributed by atoms with van der Waals surface area (Å²) in [5, 5.41) is 14.8. The van der Waals surface area contributed by atoms with Gasteiger partial charge in [0.25, 0.3) is 0 Å². The van der Waals surface area contributed by atoms with E-state index in [1.165, 1.54) is 32.4 Å². The van der Waals surface area contributed by atoms with Gasteiger partial charge in [0.1, 0.15) is 17.2 Å². The number of aryl methyl sites for hydroxylation is 1. The fraction of sp³-hybridized carbons (Fsp3) is 0.176. The standard InChI is InChI=1S/C17H17ClN2O5/c1-9-4-5-13(21)11(6-9)19-16(22)17(23)20-12-8-14(24-2)10(18)7-15(12)25-3/h4-8,21H,1-3H3,(H,19,22)(H,20,23). The molecule has 0 bridgehead atoms. The van der Waals surface area contributed by atoms with E-state index in [0.29, 0.717) is 10.8 Å². The van der Waals surface area contributed by atoms with Crippen LogP contribution in [0.15, 0.2) is 30.3 Å². The molecule has 2 aromatic carbocycles. The molecule has 0 aromatic heterocycles.